The van der Waals surface area contributed by atoms with Crippen molar-refractivity contribution in [2.45, 2.75) is 26.2 Å². The second-order valence-corrected chi connectivity index (χ2v) is 4.19. The van der Waals surface area contributed by atoms with Gasteiger partial charge in [-0.05, 0) is 18.8 Å². The number of aromatic nitrogens is 2. The van der Waals surface area contributed by atoms with Gasteiger partial charge in [0.05, 0.1) is 0 Å². The topological polar surface area (TPSA) is 122 Å². The van der Waals surface area contributed by atoms with Crippen LogP contribution in [0.15, 0.2) is 6.07 Å². The van der Waals surface area contributed by atoms with E-state index < -0.39 is 0 Å². The van der Waals surface area contributed by atoms with Crippen LogP contribution in [0.4, 0.5) is 17.6 Å². The number of anilines is 3. The molecule has 0 saturated carbocycles. The number of hydrogen-bond donors (Lipinski definition) is 5. The van der Waals surface area contributed by atoms with Gasteiger partial charge in [-0.3, -0.25) is 0 Å². The average Bonchev–Trinajstić information content (AvgIpc) is 2.36. The summed E-state index contributed by atoms with van der Waals surface area (Å²) < 4.78 is 0. The van der Waals surface area contributed by atoms with E-state index in [0.717, 1.165) is 25.8 Å². The van der Waals surface area contributed by atoms with Crippen molar-refractivity contribution in [3.8, 4) is 0 Å². The second-order valence-electron chi connectivity index (χ2n) is 4.19. The van der Waals surface area contributed by atoms with Gasteiger partial charge in [-0.15, -0.1) is 0 Å². The molecule has 0 aromatic carbocycles. The van der Waals surface area contributed by atoms with Crippen molar-refractivity contribution in [1.82, 2.24) is 9.97 Å². The third kappa shape index (κ3) is 4.72. The minimum absolute atomic E-state index is 0.169. The highest BCUT2D eigenvalue weighted by Gasteiger charge is 2.08. The predicted molar refractivity (Wildman–Crippen MR) is 72.8 cm³/mol. The number of rotatable bonds is 8. The van der Waals surface area contributed by atoms with Crippen LogP contribution in [0.2, 0.25) is 0 Å². The summed E-state index contributed by atoms with van der Waals surface area (Å²) in [6.45, 7) is 3.08. The molecule has 0 radical (unpaired) electrons. The fourth-order valence-corrected chi connectivity index (χ4v) is 1.82. The molecule has 18 heavy (non-hydrogen) atoms. The van der Waals surface area contributed by atoms with Crippen LogP contribution in [0.3, 0.4) is 0 Å². The van der Waals surface area contributed by atoms with Gasteiger partial charge >= 0.3 is 0 Å². The number of hydrazine groups is 1. The molecular formula is C11H22N6O. The van der Waals surface area contributed by atoms with Crippen molar-refractivity contribution < 1.29 is 5.11 Å². The van der Waals surface area contributed by atoms with Crippen molar-refractivity contribution in [2.24, 2.45) is 11.8 Å². The van der Waals surface area contributed by atoms with Gasteiger partial charge in [0, 0.05) is 19.2 Å². The van der Waals surface area contributed by atoms with Crippen molar-refractivity contribution in [2.75, 3.05) is 29.6 Å². The molecule has 0 aliphatic rings. The lowest BCUT2D eigenvalue weighted by atomic mass is 10.0. The van der Waals surface area contributed by atoms with Gasteiger partial charge in [-0.25, -0.2) is 5.84 Å². The summed E-state index contributed by atoms with van der Waals surface area (Å²) in [7, 11) is 0. The summed E-state index contributed by atoms with van der Waals surface area (Å²) >= 11 is 0. The third-order valence-electron chi connectivity index (χ3n) is 2.70. The number of nitrogens with one attached hydrogen (secondary N) is 2. The summed E-state index contributed by atoms with van der Waals surface area (Å²) in [6.07, 6.45) is 2.94. The maximum absolute atomic E-state index is 8.99. The molecule has 0 saturated heterocycles. The Labute approximate surface area is 107 Å². The van der Waals surface area contributed by atoms with E-state index in [0.29, 0.717) is 17.6 Å². The molecule has 7 N–H and O–H groups in total. The number of hydrogen-bond acceptors (Lipinski definition) is 7. The summed E-state index contributed by atoms with van der Waals surface area (Å²) in [5.41, 5.74) is 8.00. The summed E-state index contributed by atoms with van der Waals surface area (Å²) in [4.78, 5) is 7.97. The van der Waals surface area contributed by atoms with Crippen LogP contribution in [0.5, 0.6) is 0 Å². The van der Waals surface area contributed by atoms with E-state index in [2.05, 4.69) is 27.6 Å². The van der Waals surface area contributed by atoms with Crippen molar-refractivity contribution in [3.05, 3.63) is 6.07 Å². The van der Waals surface area contributed by atoms with Crippen molar-refractivity contribution in [3.63, 3.8) is 0 Å². The van der Waals surface area contributed by atoms with Gasteiger partial charge in [0.25, 0.3) is 0 Å². The van der Waals surface area contributed by atoms with Crippen LogP contribution in [0.1, 0.15) is 26.2 Å². The van der Waals surface area contributed by atoms with E-state index >= 15 is 0 Å². The number of aliphatic hydroxyl groups is 1. The molecule has 0 aliphatic carbocycles. The summed E-state index contributed by atoms with van der Waals surface area (Å²) in [5, 5.41) is 12.2. The molecule has 1 atom stereocenters. The van der Waals surface area contributed by atoms with Crippen molar-refractivity contribution >= 4 is 17.6 Å². The Morgan fingerprint density at radius 2 is 2.06 bits per heavy atom. The highest BCUT2D eigenvalue weighted by atomic mass is 16.3. The monoisotopic (exact) mass is 254 g/mol. The van der Waals surface area contributed by atoms with Gasteiger partial charge in [0.15, 0.2) is 0 Å². The first-order chi connectivity index (χ1) is 8.69. The highest BCUT2D eigenvalue weighted by Crippen LogP contribution is 2.15. The first-order valence-corrected chi connectivity index (χ1v) is 6.15. The second kappa shape index (κ2) is 7.67. The zero-order chi connectivity index (χ0) is 13.4. The largest absolute Gasteiger partial charge is 0.396 e. The smallest absolute Gasteiger partial charge is 0.223 e. The Hall–Kier alpha value is -1.60. The van der Waals surface area contributed by atoms with E-state index in [9.17, 15) is 0 Å². The van der Waals surface area contributed by atoms with Crippen LogP contribution in [-0.4, -0.2) is 28.2 Å². The van der Waals surface area contributed by atoms with E-state index in [1.807, 2.05) is 0 Å². The third-order valence-corrected chi connectivity index (χ3v) is 2.70. The van der Waals surface area contributed by atoms with Crippen LogP contribution < -0.4 is 22.3 Å². The van der Waals surface area contributed by atoms with Gasteiger partial charge < -0.3 is 21.6 Å². The molecule has 102 valence electrons. The highest BCUT2D eigenvalue weighted by molar-refractivity contribution is 5.50. The molecule has 0 spiro atoms. The normalized spacial score (nSPS) is 12.2. The molecule has 1 rings (SSSR count). The Bertz CT molecular complexity index is 353. The fourth-order valence-electron chi connectivity index (χ4n) is 1.82. The van der Waals surface area contributed by atoms with E-state index in [1.54, 1.807) is 6.07 Å². The van der Waals surface area contributed by atoms with Gasteiger partial charge in [0.2, 0.25) is 5.95 Å². The first kappa shape index (κ1) is 14.5. The molecular weight excluding hydrogens is 232 g/mol. The Morgan fingerprint density at radius 3 is 2.67 bits per heavy atom. The zero-order valence-corrected chi connectivity index (χ0v) is 10.7. The molecule has 0 bridgehead atoms. The minimum Gasteiger partial charge on any atom is -0.396 e. The first-order valence-electron chi connectivity index (χ1n) is 6.15. The SMILES string of the molecule is CCCC(CCO)CNc1cc(NN)nc(N)n1. The van der Waals surface area contributed by atoms with E-state index in [4.69, 9.17) is 16.7 Å². The molecule has 1 aromatic rings. The Kier molecular flexibility index (Phi) is 6.16. The Morgan fingerprint density at radius 1 is 1.33 bits per heavy atom. The minimum atomic E-state index is 0.169. The number of nitrogen functional groups attached to an aromatic ring is 2. The van der Waals surface area contributed by atoms with E-state index in [-0.39, 0.29) is 12.6 Å². The predicted octanol–water partition coefficient (Wildman–Crippen LogP) is 0.555. The molecule has 1 aromatic heterocycles. The zero-order valence-electron chi connectivity index (χ0n) is 10.7. The molecule has 7 heteroatoms. The Balaban J connectivity index is 2.57. The lowest BCUT2D eigenvalue weighted by molar-refractivity contribution is 0.255. The van der Waals surface area contributed by atoms with Crippen LogP contribution in [0.25, 0.3) is 0 Å². The van der Waals surface area contributed by atoms with Crippen LogP contribution >= 0.6 is 0 Å². The lowest BCUT2D eigenvalue weighted by Gasteiger charge is -2.16. The summed E-state index contributed by atoms with van der Waals surface area (Å²) in [6, 6.07) is 1.69. The standard InChI is InChI=1S/C11H22N6O/c1-2-3-8(4-5-18)7-14-9-6-10(17-13)16-11(12)15-9/h6,8,18H,2-5,7,13H2,1H3,(H4,12,14,15,16,17). The lowest BCUT2D eigenvalue weighted by Crippen LogP contribution is -2.17. The number of nitrogens with two attached hydrogens (primary N) is 2. The molecule has 0 aliphatic heterocycles. The van der Waals surface area contributed by atoms with Gasteiger partial charge in [0.1, 0.15) is 11.6 Å². The molecule has 1 unspecified atom stereocenters. The average molecular weight is 254 g/mol. The fraction of sp³-hybridized carbons (Fsp3) is 0.636. The quantitative estimate of drug-likeness (QED) is 0.339. The molecule has 0 amide bonds. The molecule has 1 heterocycles. The van der Waals surface area contributed by atoms with Gasteiger partial charge in [-0.2, -0.15) is 9.97 Å². The summed E-state index contributed by atoms with van der Waals surface area (Å²) in [5.74, 6) is 6.98. The maximum Gasteiger partial charge on any atom is 0.223 e. The van der Waals surface area contributed by atoms with Crippen molar-refractivity contribution in [1.29, 1.82) is 0 Å². The molecule has 7 nitrogen and oxygen atoms in total. The van der Waals surface area contributed by atoms with Crippen LogP contribution in [-0.2, 0) is 0 Å². The molecule has 0 fully saturated rings. The van der Waals surface area contributed by atoms with Crippen LogP contribution in [0, 0.1) is 5.92 Å². The van der Waals surface area contributed by atoms with Gasteiger partial charge in [-0.1, -0.05) is 13.3 Å². The number of nitrogens with zero attached hydrogens (tertiary/aromatic N) is 2. The maximum atomic E-state index is 8.99. The number of aliphatic hydroxyl groups excluding tert-OH is 1. The van der Waals surface area contributed by atoms with E-state index in [1.165, 1.54) is 0 Å².